The van der Waals surface area contributed by atoms with Gasteiger partial charge >= 0.3 is 0 Å². The Morgan fingerprint density at radius 1 is 0.850 bits per heavy atom. The van der Waals surface area contributed by atoms with Crippen LogP contribution >= 0.6 is 11.7 Å². The second-order valence-electron chi connectivity index (χ2n) is 4.93. The Labute approximate surface area is 123 Å². The molecule has 0 fully saturated rings. The summed E-state index contributed by atoms with van der Waals surface area (Å²) in [5.74, 6) is 0. The molecule has 0 bridgehead atoms. The number of nitrogens with zero attached hydrogens (tertiary/aromatic N) is 2. The predicted molar refractivity (Wildman–Crippen MR) is 82.4 cm³/mol. The lowest BCUT2D eigenvalue weighted by atomic mass is 10.0. The second kappa shape index (κ2) is 5.10. The SMILES string of the molecule is [CH-][n+]1snc(-c2ccc(C)cc2)c1-c1ccc(C)cc1. The summed E-state index contributed by atoms with van der Waals surface area (Å²) >= 11 is 1.27. The van der Waals surface area contributed by atoms with E-state index < -0.39 is 0 Å². The largest absolute Gasteiger partial charge is 0.310 e. The van der Waals surface area contributed by atoms with Crippen LogP contribution in [0.5, 0.6) is 0 Å². The molecule has 3 aromatic rings. The van der Waals surface area contributed by atoms with E-state index in [0.29, 0.717) is 0 Å². The van der Waals surface area contributed by atoms with Crippen LogP contribution in [0.2, 0.25) is 0 Å². The van der Waals surface area contributed by atoms with Gasteiger partial charge in [0.15, 0.2) is 5.69 Å². The van der Waals surface area contributed by atoms with E-state index in [1.807, 2.05) is 0 Å². The lowest BCUT2D eigenvalue weighted by Gasteiger charge is -2.08. The smallest absolute Gasteiger partial charge is 0.243 e. The molecule has 1 radical (unpaired) electrons. The Balaban J connectivity index is 2.14. The lowest BCUT2D eigenvalue weighted by Crippen LogP contribution is -2.21. The Morgan fingerprint density at radius 2 is 1.35 bits per heavy atom. The van der Waals surface area contributed by atoms with Gasteiger partial charge in [-0.15, -0.1) is 0 Å². The van der Waals surface area contributed by atoms with E-state index in [9.17, 15) is 0 Å². The second-order valence-corrected chi connectivity index (χ2v) is 5.67. The molecule has 0 saturated heterocycles. The molecule has 0 aliphatic carbocycles. The topological polar surface area (TPSA) is 16.8 Å². The molecular formula is C17H15N2S. The van der Waals surface area contributed by atoms with E-state index in [4.69, 9.17) is 7.05 Å². The molecule has 0 atom stereocenters. The number of aryl methyl sites for hydroxylation is 2. The molecule has 0 amide bonds. The number of hydrogen-bond donors (Lipinski definition) is 0. The summed E-state index contributed by atoms with van der Waals surface area (Å²) in [6, 6.07) is 16.7. The van der Waals surface area contributed by atoms with Gasteiger partial charge in [-0.3, -0.25) is 0 Å². The van der Waals surface area contributed by atoms with E-state index in [1.54, 1.807) is 3.96 Å². The molecule has 0 saturated carbocycles. The molecule has 0 aliphatic heterocycles. The first kappa shape index (κ1) is 12.9. The summed E-state index contributed by atoms with van der Waals surface area (Å²) in [4.78, 5) is 0. The van der Waals surface area contributed by atoms with Crippen LogP contribution in [0.1, 0.15) is 11.1 Å². The van der Waals surface area contributed by atoms with Gasteiger partial charge in [0.2, 0.25) is 11.7 Å². The highest BCUT2D eigenvalue weighted by molar-refractivity contribution is 6.95. The van der Waals surface area contributed by atoms with Crippen molar-refractivity contribution in [3.05, 3.63) is 66.7 Å². The monoisotopic (exact) mass is 279 g/mol. The van der Waals surface area contributed by atoms with Crippen LogP contribution in [-0.2, 0) is 0 Å². The van der Waals surface area contributed by atoms with Crippen LogP contribution in [-0.4, -0.2) is 4.37 Å². The van der Waals surface area contributed by atoms with Crippen LogP contribution in [0.25, 0.3) is 22.5 Å². The minimum Gasteiger partial charge on any atom is -0.310 e. The van der Waals surface area contributed by atoms with Crippen LogP contribution in [0, 0.1) is 20.9 Å². The normalized spacial score (nSPS) is 10.7. The molecule has 3 heteroatoms. The summed E-state index contributed by atoms with van der Waals surface area (Å²) in [7, 11) is 6.05. The first-order valence-corrected chi connectivity index (χ1v) is 7.19. The Morgan fingerprint density at radius 3 is 1.90 bits per heavy atom. The molecular weight excluding hydrogens is 264 g/mol. The zero-order valence-corrected chi connectivity index (χ0v) is 12.3. The van der Waals surface area contributed by atoms with Crippen LogP contribution in [0.4, 0.5) is 0 Å². The summed E-state index contributed by atoms with van der Waals surface area (Å²) in [6.07, 6.45) is 0. The van der Waals surface area contributed by atoms with Gasteiger partial charge in [0.1, 0.15) is 0 Å². The molecule has 0 N–H and O–H groups in total. The maximum absolute atomic E-state index is 6.05. The number of aromatic nitrogens is 2. The van der Waals surface area contributed by atoms with Gasteiger partial charge in [0.05, 0.1) is 5.69 Å². The number of benzene rings is 2. The summed E-state index contributed by atoms with van der Waals surface area (Å²) < 4.78 is 6.12. The summed E-state index contributed by atoms with van der Waals surface area (Å²) in [6.45, 7) is 4.15. The van der Waals surface area contributed by atoms with Crippen molar-refractivity contribution < 1.29 is 3.96 Å². The van der Waals surface area contributed by atoms with Crippen molar-refractivity contribution in [2.45, 2.75) is 13.8 Å². The van der Waals surface area contributed by atoms with E-state index in [1.165, 1.54) is 22.9 Å². The van der Waals surface area contributed by atoms with E-state index in [0.717, 1.165) is 22.5 Å². The summed E-state index contributed by atoms with van der Waals surface area (Å²) in [5, 5.41) is 0. The van der Waals surface area contributed by atoms with Crippen molar-refractivity contribution in [1.29, 1.82) is 0 Å². The predicted octanol–water partition coefficient (Wildman–Crippen LogP) is 3.90. The summed E-state index contributed by atoms with van der Waals surface area (Å²) in [5.41, 5.74) is 6.54. The molecule has 0 aliphatic rings. The maximum atomic E-state index is 6.05. The molecule has 20 heavy (non-hydrogen) atoms. The Bertz CT molecular complexity index is 725. The third-order valence-electron chi connectivity index (χ3n) is 3.31. The van der Waals surface area contributed by atoms with Gasteiger partial charge in [-0.05, 0) is 13.8 Å². The van der Waals surface area contributed by atoms with Crippen molar-refractivity contribution in [3.63, 3.8) is 0 Å². The fraction of sp³-hybridized carbons (Fsp3) is 0.118. The van der Waals surface area contributed by atoms with Crippen LogP contribution < -0.4 is 3.96 Å². The van der Waals surface area contributed by atoms with E-state index >= 15 is 0 Å². The van der Waals surface area contributed by atoms with E-state index in [2.05, 4.69) is 66.8 Å². The highest BCUT2D eigenvalue weighted by Crippen LogP contribution is 2.29. The zero-order chi connectivity index (χ0) is 14.1. The van der Waals surface area contributed by atoms with Gasteiger partial charge < -0.3 is 3.96 Å². The van der Waals surface area contributed by atoms with Crippen LogP contribution in [0.15, 0.2) is 48.5 Å². The number of rotatable bonds is 2. The minimum absolute atomic E-state index is 0.932. The first-order valence-electron chi connectivity index (χ1n) is 6.46. The molecule has 0 spiro atoms. The highest BCUT2D eigenvalue weighted by atomic mass is 32.1. The maximum Gasteiger partial charge on any atom is 0.243 e. The van der Waals surface area contributed by atoms with Crippen LogP contribution in [0.3, 0.4) is 0 Å². The highest BCUT2D eigenvalue weighted by Gasteiger charge is 2.15. The lowest BCUT2D eigenvalue weighted by molar-refractivity contribution is -0.525. The first-order chi connectivity index (χ1) is 9.65. The van der Waals surface area contributed by atoms with Gasteiger partial charge in [0, 0.05) is 9.94 Å². The van der Waals surface area contributed by atoms with Gasteiger partial charge in [-0.25, -0.2) is 0 Å². The fourth-order valence-corrected chi connectivity index (χ4v) is 2.78. The van der Waals surface area contributed by atoms with Crippen molar-refractivity contribution in [1.82, 2.24) is 4.37 Å². The van der Waals surface area contributed by atoms with Crippen molar-refractivity contribution in [3.8, 4) is 22.5 Å². The molecule has 0 unspecified atom stereocenters. The van der Waals surface area contributed by atoms with Gasteiger partial charge in [0.25, 0.3) is 0 Å². The average Bonchev–Trinajstić information content (AvgIpc) is 2.83. The third-order valence-corrected chi connectivity index (χ3v) is 3.94. The third kappa shape index (κ3) is 2.32. The van der Waals surface area contributed by atoms with Gasteiger partial charge in [-0.2, -0.15) is 0 Å². The number of hydrogen-bond acceptors (Lipinski definition) is 2. The van der Waals surface area contributed by atoms with Crippen molar-refractivity contribution in [2.75, 3.05) is 0 Å². The quantitative estimate of drug-likeness (QED) is 0.513. The van der Waals surface area contributed by atoms with Gasteiger partial charge in [-0.1, -0.05) is 72.3 Å². The molecule has 2 aromatic carbocycles. The molecule has 1 aromatic heterocycles. The Hall–Kier alpha value is -2.13. The molecule has 3 rings (SSSR count). The standard InChI is InChI=1S/C17H15N2S/c1-12-4-8-14(9-5-12)16-17(19(3)20-18-16)15-10-6-13(2)7-11-15/h3-11H,1-2H3. The molecule has 2 nitrogen and oxygen atoms in total. The Kier molecular flexibility index (Phi) is 3.28. The van der Waals surface area contributed by atoms with E-state index in [-0.39, 0.29) is 0 Å². The molecule has 99 valence electrons. The minimum atomic E-state index is 0.932. The molecule has 1 heterocycles. The average molecular weight is 279 g/mol. The van der Waals surface area contributed by atoms with Crippen molar-refractivity contribution in [2.24, 2.45) is 0 Å². The zero-order valence-electron chi connectivity index (χ0n) is 11.5. The van der Waals surface area contributed by atoms with Crippen molar-refractivity contribution >= 4 is 11.7 Å². The fourth-order valence-electron chi connectivity index (χ4n) is 2.15.